The largest absolute Gasteiger partial charge is 1.00 e. The Balaban J connectivity index is 0.00000176. The van der Waals surface area contributed by atoms with Crippen LogP contribution in [-0.2, 0) is 9.53 Å². The molecule has 2 saturated heterocycles. The van der Waals surface area contributed by atoms with Gasteiger partial charge in [0, 0.05) is 26.3 Å². The summed E-state index contributed by atoms with van der Waals surface area (Å²) in [7, 11) is 0. The summed E-state index contributed by atoms with van der Waals surface area (Å²) in [6.07, 6.45) is 1.86. The molecular formula is C16H20LiNO4. The second kappa shape index (κ2) is 7.52. The number of carbonyl (C=O) groups is 1. The van der Waals surface area contributed by atoms with E-state index in [0.717, 1.165) is 18.7 Å². The third-order valence-corrected chi connectivity index (χ3v) is 4.50. The fourth-order valence-corrected chi connectivity index (χ4v) is 3.26. The number of aliphatic carboxylic acids is 1. The first-order valence-electron chi connectivity index (χ1n) is 7.47. The Morgan fingerprint density at radius 2 is 1.95 bits per heavy atom. The van der Waals surface area contributed by atoms with Crippen LogP contribution in [0.4, 0.5) is 0 Å². The van der Waals surface area contributed by atoms with Gasteiger partial charge in [0.1, 0.15) is 11.9 Å². The molecule has 0 radical (unpaired) electrons. The molecule has 0 aromatic heterocycles. The van der Waals surface area contributed by atoms with Gasteiger partial charge >= 0.3 is 18.9 Å². The molecule has 2 aliphatic heterocycles. The van der Waals surface area contributed by atoms with E-state index in [4.69, 9.17) is 9.47 Å². The zero-order valence-electron chi connectivity index (χ0n) is 13.0. The Morgan fingerprint density at radius 1 is 1.27 bits per heavy atom. The smallest absolute Gasteiger partial charge is 0.548 e. The van der Waals surface area contributed by atoms with Crippen LogP contribution in [0.15, 0.2) is 30.3 Å². The predicted octanol–water partition coefficient (Wildman–Crippen LogP) is -2.56. The van der Waals surface area contributed by atoms with Crippen molar-refractivity contribution in [2.45, 2.75) is 30.9 Å². The van der Waals surface area contributed by atoms with Crippen molar-refractivity contribution < 1.29 is 38.2 Å². The van der Waals surface area contributed by atoms with E-state index in [9.17, 15) is 9.90 Å². The average Bonchev–Trinajstić information content (AvgIpc) is 2.98. The zero-order valence-corrected chi connectivity index (χ0v) is 13.0. The number of benzene rings is 1. The number of rotatable bonds is 4. The van der Waals surface area contributed by atoms with E-state index in [1.807, 2.05) is 35.2 Å². The summed E-state index contributed by atoms with van der Waals surface area (Å²) in [4.78, 5) is 13.7. The number of nitrogens with zero attached hydrogens (tertiary/aromatic N) is 1. The van der Waals surface area contributed by atoms with Crippen LogP contribution in [0.25, 0.3) is 0 Å². The first kappa shape index (κ1) is 17.4. The predicted molar refractivity (Wildman–Crippen MR) is 74.8 cm³/mol. The van der Waals surface area contributed by atoms with E-state index < -0.39 is 11.5 Å². The maximum absolute atomic E-state index is 11.7. The van der Waals surface area contributed by atoms with Gasteiger partial charge < -0.3 is 19.4 Å². The molecule has 0 unspecified atom stereocenters. The number of ether oxygens (including phenoxy) is 2. The fourth-order valence-electron chi connectivity index (χ4n) is 3.26. The van der Waals surface area contributed by atoms with Gasteiger partial charge in [-0.15, -0.1) is 0 Å². The molecule has 2 fully saturated rings. The van der Waals surface area contributed by atoms with Crippen molar-refractivity contribution in [3.05, 3.63) is 30.3 Å². The monoisotopic (exact) mass is 297 g/mol. The van der Waals surface area contributed by atoms with Crippen LogP contribution >= 0.6 is 0 Å². The summed E-state index contributed by atoms with van der Waals surface area (Å²) < 4.78 is 11.2. The van der Waals surface area contributed by atoms with Crippen LogP contribution < -0.4 is 28.7 Å². The summed E-state index contributed by atoms with van der Waals surface area (Å²) in [6, 6.07) is 9.66. The standard InChI is InChI=1S/C16H21NO4.Li/c18-15(19)16(7-10-20-11-8-16)17-9-6-14(12-17)21-13-4-2-1-3-5-13;/h1-5,14H,6-12H2,(H,18,19);/q;+1/p-1/t14-;/m1./s1. The Kier molecular flexibility index (Phi) is 5.93. The Bertz CT molecular complexity index is 490. The number of carbonyl (C=O) groups excluding carboxylic acids is 1. The minimum absolute atomic E-state index is 0. The van der Waals surface area contributed by atoms with Crippen LogP contribution in [0.5, 0.6) is 5.75 Å². The molecule has 0 N–H and O–H groups in total. The second-order valence-corrected chi connectivity index (χ2v) is 5.72. The zero-order chi connectivity index (χ0) is 14.7. The van der Waals surface area contributed by atoms with Gasteiger partial charge in [-0.05, 0) is 31.4 Å². The summed E-state index contributed by atoms with van der Waals surface area (Å²) >= 11 is 0. The van der Waals surface area contributed by atoms with Gasteiger partial charge in [0.2, 0.25) is 0 Å². The van der Waals surface area contributed by atoms with E-state index in [1.165, 1.54) is 0 Å². The Morgan fingerprint density at radius 3 is 2.59 bits per heavy atom. The molecule has 5 nitrogen and oxygen atoms in total. The van der Waals surface area contributed by atoms with E-state index in [0.29, 0.717) is 32.6 Å². The number of likely N-dealkylation sites (tertiary alicyclic amines) is 1. The molecule has 2 heterocycles. The normalized spacial score (nSPS) is 24.5. The molecule has 2 aliphatic rings. The number of para-hydroxylation sites is 1. The minimum atomic E-state index is -0.980. The molecule has 0 spiro atoms. The fraction of sp³-hybridized carbons (Fsp3) is 0.562. The molecular weight excluding hydrogens is 277 g/mol. The van der Waals surface area contributed by atoms with Gasteiger partial charge in [0.25, 0.3) is 0 Å². The average molecular weight is 297 g/mol. The summed E-state index contributed by atoms with van der Waals surface area (Å²) in [6.45, 7) is 2.32. The molecule has 114 valence electrons. The van der Waals surface area contributed by atoms with Crippen LogP contribution in [0.2, 0.25) is 0 Å². The van der Waals surface area contributed by atoms with Gasteiger partial charge in [-0.3, -0.25) is 4.90 Å². The van der Waals surface area contributed by atoms with Crippen molar-refractivity contribution in [3.8, 4) is 5.75 Å². The number of hydrogen-bond acceptors (Lipinski definition) is 5. The minimum Gasteiger partial charge on any atom is -0.548 e. The number of hydrogen-bond donors (Lipinski definition) is 0. The van der Waals surface area contributed by atoms with Crippen molar-refractivity contribution >= 4 is 5.97 Å². The molecule has 0 amide bonds. The van der Waals surface area contributed by atoms with Crippen LogP contribution in [0.3, 0.4) is 0 Å². The van der Waals surface area contributed by atoms with Crippen LogP contribution in [0.1, 0.15) is 19.3 Å². The molecule has 1 atom stereocenters. The first-order valence-corrected chi connectivity index (χ1v) is 7.47. The maximum Gasteiger partial charge on any atom is 1.00 e. The molecule has 1 aromatic carbocycles. The third-order valence-electron chi connectivity index (χ3n) is 4.50. The molecule has 6 heteroatoms. The van der Waals surface area contributed by atoms with E-state index in [2.05, 4.69) is 0 Å². The summed E-state index contributed by atoms with van der Waals surface area (Å²) in [5.41, 5.74) is -0.882. The van der Waals surface area contributed by atoms with Gasteiger partial charge in [-0.25, -0.2) is 0 Å². The van der Waals surface area contributed by atoms with Crippen molar-refractivity contribution in [1.29, 1.82) is 0 Å². The quantitative estimate of drug-likeness (QED) is 0.572. The van der Waals surface area contributed by atoms with Crippen molar-refractivity contribution in [2.75, 3.05) is 26.3 Å². The first-order chi connectivity index (χ1) is 10.2. The van der Waals surface area contributed by atoms with Crippen molar-refractivity contribution in [3.63, 3.8) is 0 Å². The molecule has 1 aromatic rings. The summed E-state index contributed by atoms with van der Waals surface area (Å²) in [5.74, 6) is -0.148. The van der Waals surface area contributed by atoms with Gasteiger partial charge in [0.15, 0.2) is 0 Å². The summed E-state index contributed by atoms with van der Waals surface area (Å²) in [5, 5.41) is 11.7. The van der Waals surface area contributed by atoms with E-state index >= 15 is 0 Å². The van der Waals surface area contributed by atoms with Gasteiger partial charge in [0.05, 0.1) is 11.5 Å². The maximum atomic E-state index is 11.7. The second-order valence-electron chi connectivity index (χ2n) is 5.72. The van der Waals surface area contributed by atoms with Crippen LogP contribution in [-0.4, -0.2) is 48.8 Å². The molecule has 0 aliphatic carbocycles. The van der Waals surface area contributed by atoms with Gasteiger partial charge in [-0.1, -0.05) is 18.2 Å². The molecule has 0 bridgehead atoms. The molecule has 0 saturated carbocycles. The number of carboxylic acids is 1. The molecule has 22 heavy (non-hydrogen) atoms. The Hall–Kier alpha value is -0.993. The third kappa shape index (κ3) is 3.49. The van der Waals surface area contributed by atoms with E-state index in [1.54, 1.807) is 0 Å². The number of carboxylic acid groups (broad SMARTS) is 1. The SMILES string of the molecule is O=C([O-])C1(N2CC[C@@H](Oc3ccccc3)C2)CCOCC1.[Li+]. The molecule has 3 rings (SSSR count). The van der Waals surface area contributed by atoms with E-state index in [-0.39, 0.29) is 25.0 Å². The van der Waals surface area contributed by atoms with Gasteiger partial charge in [-0.2, -0.15) is 0 Å². The topological polar surface area (TPSA) is 61.8 Å². The van der Waals surface area contributed by atoms with Crippen LogP contribution in [0, 0.1) is 0 Å². The van der Waals surface area contributed by atoms with Crippen molar-refractivity contribution in [2.24, 2.45) is 0 Å². The van der Waals surface area contributed by atoms with Crippen molar-refractivity contribution in [1.82, 2.24) is 4.90 Å². The Labute approximate surface area is 142 Å².